The molecule has 150 valence electrons. The molecule has 4 aromatic rings. The Labute approximate surface area is 167 Å². The van der Waals surface area contributed by atoms with E-state index in [0.717, 1.165) is 6.07 Å². The number of para-hydroxylation sites is 1. The van der Waals surface area contributed by atoms with Crippen molar-refractivity contribution in [2.75, 3.05) is 0 Å². The minimum absolute atomic E-state index is 0.0137. The number of hydrogen-bond acceptors (Lipinski definition) is 9. The molecule has 10 heteroatoms. The fourth-order valence-electron chi connectivity index (χ4n) is 2.71. The number of benzene rings is 2. The van der Waals surface area contributed by atoms with Crippen LogP contribution in [0.25, 0.3) is 22.4 Å². The van der Waals surface area contributed by atoms with Crippen molar-refractivity contribution in [3.63, 3.8) is 0 Å². The summed E-state index contributed by atoms with van der Waals surface area (Å²) in [5, 5.41) is 18.8. The highest BCUT2D eigenvalue weighted by Gasteiger charge is 2.22. The van der Waals surface area contributed by atoms with E-state index < -0.39 is 17.0 Å². The summed E-state index contributed by atoms with van der Waals surface area (Å²) in [4.78, 5) is 34.7. The molecule has 0 radical (unpaired) electrons. The predicted molar refractivity (Wildman–Crippen MR) is 103 cm³/mol. The van der Waals surface area contributed by atoms with Crippen LogP contribution in [0.1, 0.15) is 29.5 Å². The third-order valence-electron chi connectivity index (χ3n) is 4.23. The summed E-state index contributed by atoms with van der Waals surface area (Å²) in [6, 6.07) is 13.2. The van der Waals surface area contributed by atoms with Crippen LogP contribution in [0.4, 0.5) is 5.69 Å². The molecule has 0 saturated heterocycles. The number of non-ortho nitro benzene ring substituents is 1. The molecule has 30 heavy (non-hydrogen) atoms. The van der Waals surface area contributed by atoms with Crippen LogP contribution in [0.15, 0.2) is 68.2 Å². The molecule has 0 unspecified atom stereocenters. The van der Waals surface area contributed by atoms with E-state index in [4.69, 9.17) is 13.6 Å². The van der Waals surface area contributed by atoms with E-state index >= 15 is 0 Å². The molecule has 0 fully saturated rings. The summed E-state index contributed by atoms with van der Waals surface area (Å²) in [5.74, 6) is -0.985. The van der Waals surface area contributed by atoms with Gasteiger partial charge in [0, 0.05) is 23.8 Å². The number of nitrogens with zero attached hydrogens (tertiary/aromatic N) is 3. The molecule has 2 heterocycles. The van der Waals surface area contributed by atoms with Crippen LogP contribution >= 0.6 is 0 Å². The van der Waals surface area contributed by atoms with Crippen molar-refractivity contribution in [3.8, 4) is 11.5 Å². The lowest BCUT2D eigenvalue weighted by molar-refractivity contribution is -0.384. The normalized spacial score (nSPS) is 11.9. The molecule has 0 bridgehead atoms. The number of esters is 1. The van der Waals surface area contributed by atoms with Crippen LogP contribution in [0.5, 0.6) is 0 Å². The zero-order valence-corrected chi connectivity index (χ0v) is 15.5. The summed E-state index contributed by atoms with van der Waals surface area (Å²) < 4.78 is 16.2. The highest BCUT2D eigenvalue weighted by molar-refractivity contribution is 5.89. The van der Waals surface area contributed by atoms with E-state index in [2.05, 4.69) is 10.2 Å². The van der Waals surface area contributed by atoms with E-state index in [1.54, 1.807) is 24.3 Å². The van der Waals surface area contributed by atoms with Crippen molar-refractivity contribution < 1.29 is 23.3 Å². The van der Waals surface area contributed by atoms with Crippen molar-refractivity contribution in [2.24, 2.45) is 0 Å². The van der Waals surface area contributed by atoms with Crippen molar-refractivity contribution in [1.82, 2.24) is 10.2 Å². The SMILES string of the molecule is C[C@H](OC(=O)c1cc(=O)c2ccccc2o1)c1nnc(-c2ccc([N+](=O)[O-])cc2)o1. The van der Waals surface area contributed by atoms with Crippen LogP contribution in [0, 0.1) is 10.1 Å². The molecule has 1 atom stereocenters. The Morgan fingerprint density at radius 1 is 1.10 bits per heavy atom. The van der Waals surface area contributed by atoms with Gasteiger partial charge in [-0.25, -0.2) is 4.79 Å². The largest absolute Gasteiger partial charge is 0.449 e. The van der Waals surface area contributed by atoms with Crippen molar-refractivity contribution in [3.05, 3.63) is 86.6 Å². The third-order valence-corrected chi connectivity index (χ3v) is 4.23. The van der Waals surface area contributed by atoms with E-state index in [0.29, 0.717) is 10.9 Å². The summed E-state index contributed by atoms with van der Waals surface area (Å²) >= 11 is 0. The quantitative estimate of drug-likeness (QED) is 0.275. The summed E-state index contributed by atoms with van der Waals surface area (Å²) in [6.45, 7) is 1.52. The zero-order chi connectivity index (χ0) is 21.3. The maximum absolute atomic E-state index is 12.4. The van der Waals surface area contributed by atoms with Gasteiger partial charge in [0.25, 0.3) is 11.6 Å². The van der Waals surface area contributed by atoms with E-state index in [1.807, 2.05) is 0 Å². The van der Waals surface area contributed by atoms with E-state index in [9.17, 15) is 19.7 Å². The lowest BCUT2D eigenvalue weighted by atomic mass is 10.2. The van der Waals surface area contributed by atoms with Gasteiger partial charge in [0.2, 0.25) is 11.7 Å². The monoisotopic (exact) mass is 407 g/mol. The third kappa shape index (κ3) is 3.65. The molecular weight excluding hydrogens is 394 g/mol. The van der Waals surface area contributed by atoms with Gasteiger partial charge in [-0.3, -0.25) is 14.9 Å². The Morgan fingerprint density at radius 3 is 2.57 bits per heavy atom. The lowest BCUT2D eigenvalue weighted by Crippen LogP contribution is -2.12. The second-order valence-corrected chi connectivity index (χ2v) is 6.27. The minimum Gasteiger partial charge on any atom is -0.449 e. The lowest BCUT2D eigenvalue weighted by Gasteiger charge is -2.09. The van der Waals surface area contributed by atoms with Crippen LogP contribution < -0.4 is 5.43 Å². The van der Waals surface area contributed by atoms with Gasteiger partial charge in [0.15, 0.2) is 11.5 Å². The zero-order valence-electron chi connectivity index (χ0n) is 15.5. The number of nitro benzene ring substituents is 1. The second-order valence-electron chi connectivity index (χ2n) is 6.27. The first kappa shape index (κ1) is 19.0. The Kier molecular flexibility index (Phi) is 4.80. The average Bonchev–Trinajstić information content (AvgIpc) is 3.24. The summed E-state index contributed by atoms with van der Waals surface area (Å²) in [6.07, 6.45) is -0.923. The Balaban J connectivity index is 1.52. The van der Waals surface area contributed by atoms with Crippen LogP contribution in [0.3, 0.4) is 0 Å². The molecule has 10 nitrogen and oxygen atoms in total. The number of nitro groups is 1. The topological polar surface area (TPSA) is 139 Å². The molecule has 4 rings (SSSR count). The Bertz CT molecular complexity index is 1310. The maximum Gasteiger partial charge on any atom is 0.375 e. The second kappa shape index (κ2) is 7.59. The number of rotatable bonds is 5. The Morgan fingerprint density at radius 2 is 1.83 bits per heavy atom. The number of ether oxygens (including phenoxy) is 1. The standard InChI is InChI=1S/C20H13N3O7/c1-11(18-21-22-19(30-18)12-6-8-13(9-7-12)23(26)27)28-20(25)17-10-15(24)14-4-2-3-5-16(14)29-17/h2-11H,1H3/t11-/m0/s1. The molecule has 0 spiro atoms. The fraction of sp³-hybridized carbons (Fsp3) is 0.100. The first-order valence-corrected chi connectivity index (χ1v) is 8.74. The average molecular weight is 407 g/mol. The molecule has 0 aliphatic heterocycles. The number of hydrogen-bond donors (Lipinski definition) is 0. The molecule has 0 N–H and O–H groups in total. The molecule has 0 aliphatic carbocycles. The maximum atomic E-state index is 12.4. The Hall–Kier alpha value is -4.34. The van der Waals surface area contributed by atoms with Gasteiger partial charge in [-0.2, -0.15) is 0 Å². The molecule has 2 aromatic carbocycles. The number of aromatic nitrogens is 2. The van der Waals surface area contributed by atoms with Gasteiger partial charge in [0.05, 0.1) is 10.3 Å². The van der Waals surface area contributed by atoms with Crippen LogP contribution in [-0.4, -0.2) is 21.1 Å². The van der Waals surface area contributed by atoms with E-state index in [1.165, 1.54) is 31.2 Å². The van der Waals surface area contributed by atoms with Gasteiger partial charge in [0.1, 0.15) is 5.58 Å². The van der Waals surface area contributed by atoms with Gasteiger partial charge in [-0.1, -0.05) is 12.1 Å². The van der Waals surface area contributed by atoms with Crippen LogP contribution in [0.2, 0.25) is 0 Å². The summed E-state index contributed by atoms with van der Waals surface area (Å²) in [5.41, 5.74) is 0.300. The number of carbonyl (C=O) groups excluding carboxylic acids is 1. The number of fused-ring (bicyclic) bond motifs is 1. The molecule has 0 aliphatic rings. The highest BCUT2D eigenvalue weighted by atomic mass is 16.6. The van der Waals surface area contributed by atoms with Crippen LogP contribution in [-0.2, 0) is 4.74 Å². The van der Waals surface area contributed by atoms with Crippen molar-refractivity contribution in [2.45, 2.75) is 13.0 Å². The number of carbonyl (C=O) groups is 1. The molecular formula is C20H13N3O7. The summed E-state index contributed by atoms with van der Waals surface area (Å²) in [7, 11) is 0. The first-order chi connectivity index (χ1) is 14.4. The molecule has 0 amide bonds. The van der Waals surface area contributed by atoms with Gasteiger partial charge in [-0.05, 0) is 31.2 Å². The predicted octanol–water partition coefficient (Wildman–Crippen LogP) is 3.67. The fourth-order valence-corrected chi connectivity index (χ4v) is 2.71. The van der Waals surface area contributed by atoms with Gasteiger partial charge < -0.3 is 13.6 Å². The smallest absolute Gasteiger partial charge is 0.375 e. The minimum atomic E-state index is -0.923. The molecule has 0 saturated carbocycles. The van der Waals surface area contributed by atoms with Crippen molar-refractivity contribution in [1.29, 1.82) is 0 Å². The van der Waals surface area contributed by atoms with Crippen molar-refractivity contribution >= 4 is 22.6 Å². The van der Waals surface area contributed by atoms with Gasteiger partial charge in [-0.15, -0.1) is 10.2 Å². The molecule has 2 aromatic heterocycles. The van der Waals surface area contributed by atoms with E-state index in [-0.39, 0.29) is 34.2 Å². The first-order valence-electron chi connectivity index (χ1n) is 8.74. The highest BCUT2D eigenvalue weighted by Crippen LogP contribution is 2.25. The van der Waals surface area contributed by atoms with Gasteiger partial charge >= 0.3 is 5.97 Å².